The first-order valence-electron chi connectivity index (χ1n) is 5.67. The molecule has 0 heterocycles. The Hall–Kier alpha value is -2.56. The van der Waals surface area contributed by atoms with E-state index in [2.05, 4.69) is 5.32 Å². The van der Waals surface area contributed by atoms with Crippen LogP contribution < -0.4 is 11.1 Å². The Morgan fingerprint density at radius 1 is 1.21 bits per heavy atom. The van der Waals surface area contributed by atoms with Crippen molar-refractivity contribution in [3.05, 3.63) is 59.9 Å². The predicted molar refractivity (Wildman–Crippen MR) is 70.1 cm³/mol. The molecule has 98 valence electrons. The fourth-order valence-corrected chi connectivity index (χ4v) is 1.78. The van der Waals surface area contributed by atoms with E-state index < -0.39 is 17.8 Å². The number of carbonyl (C=O) groups excluding carboxylic acids is 1. The van der Waals surface area contributed by atoms with E-state index in [0.29, 0.717) is 11.3 Å². The van der Waals surface area contributed by atoms with Crippen molar-refractivity contribution in [2.45, 2.75) is 6.04 Å². The highest BCUT2D eigenvalue weighted by Gasteiger charge is 2.20. The standard InChI is InChI=1S/C14H13FN2O2/c15-9-4-3-5-10(8-9)17-13(14(16)19)11-6-1-2-7-12(11)18/h1-8,13,17-18H,(H2,16,19). The van der Waals surface area contributed by atoms with Gasteiger partial charge in [-0.2, -0.15) is 0 Å². The van der Waals surface area contributed by atoms with E-state index in [1.54, 1.807) is 24.3 Å². The van der Waals surface area contributed by atoms with Gasteiger partial charge in [-0.1, -0.05) is 24.3 Å². The molecule has 2 aromatic rings. The summed E-state index contributed by atoms with van der Waals surface area (Å²) in [4.78, 5) is 11.5. The summed E-state index contributed by atoms with van der Waals surface area (Å²) in [7, 11) is 0. The maximum atomic E-state index is 13.1. The number of phenolic OH excluding ortho intramolecular Hbond substituents is 1. The van der Waals surface area contributed by atoms with Crippen LogP contribution in [0.3, 0.4) is 0 Å². The van der Waals surface area contributed by atoms with E-state index in [1.807, 2.05) is 0 Å². The van der Waals surface area contributed by atoms with Gasteiger partial charge in [0.1, 0.15) is 17.6 Å². The van der Waals surface area contributed by atoms with Gasteiger partial charge in [0.05, 0.1) is 0 Å². The molecule has 0 spiro atoms. The Balaban J connectivity index is 2.32. The van der Waals surface area contributed by atoms with E-state index in [4.69, 9.17) is 5.73 Å². The van der Waals surface area contributed by atoms with E-state index in [-0.39, 0.29) is 5.75 Å². The van der Waals surface area contributed by atoms with E-state index >= 15 is 0 Å². The minimum Gasteiger partial charge on any atom is -0.508 e. The molecule has 4 nitrogen and oxygen atoms in total. The summed E-state index contributed by atoms with van der Waals surface area (Å²) in [6.07, 6.45) is 0. The van der Waals surface area contributed by atoms with Crippen LogP contribution in [-0.4, -0.2) is 11.0 Å². The molecule has 2 aromatic carbocycles. The number of benzene rings is 2. The van der Waals surface area contributed by atoms with Gasteiger partial charge in [-0.15, -0.1) is 0 Å². The van der Waals surface area contributed by atoms with Crippen LogP contribution in [0.15, 0.2) is 48.5 Å². The smallest absolute Gasteiger partial charge is 0.244 e. The number of hydrogen-bond donors (Lipinski definition) is 3. The number of primary amides is 1. The molecule has 0 saturated carbocycles. The quantitative estimate of drug-likeness (QED) is 0.788. The maximum Gasteiger partial charge on any atom is 0.244 e. The van der Waals surface area contributed by atoms with Crippen molar-refractivity contribution in [2.24, 2.45) is 5.73 Å². The van der Waals surface area contributed by atoms with E-state index in [9.17, 15) is 14.3 Å². The average molecular weight is 260 g/mol. The monoisotopic (exact) mass is 260 g/mol. The molecule has 0 bridgehead atoms. The number of nitrogens with one attached hydrogen (secondary N) is 1. The molecule has 0 aromatic heterocycles. The number of anilines is 1. The lowest BCUT2D eigenvalue weighted by atomic mass is 10.0. The zero-order valence-electron chi connectivity index (χ0n) is 10.0. The van der Waals surface area contributed by atoms with Gasteiger partial charge in [0, 0.05) is 11.3 Å². The fraction of sp³-hybridized carbons (Fsp3) is 0.0714. The Morgan fingerprint density at radius 2 is 1.95 bits per heavy atom. The number of amides is 1. The molecule has 0 fully saturated rings. The number of halogens is 1. The summed E-state index contributed by atoms with van der Waals surface area (Å²) >= 11 is 0. The second kappa shape index (κ2) is 5.39. The normalized spacial score (nSPS) is 11.8. The van der Waals surface area contributed by atoms with Crippen LogP contribution in [0.25, 0.3) is 0 Å². The number of aromatic hydroxyl groups is 1. The van der Waals surface area contributed by atoms with Crippen LogP contribution in [0.4, 0.5) is 10.1 Å². The molecule has 1 amide bonds. The summed E-state index contributed by atoms with van der Waals surface area (Å²) < 4.78 is 13.1. The van der Waals surface area contributed by atoms with Crippen LogP contribution >= 0.6 is 0 Å². The van der Waals surface area contributed by atoms with E-state index in [0.717, 1.165) is 0 Å². The molecule has 0 aliphatic rings. The van der Waals surface area contributed by atoms with Gasteiger partial charge in [0.2, 0.25) is 5.91 Å². The van der Waals surface area contributed by atoms with Gasteiger partial charge in [-0.3, -0.25) is 4.79 Å². The predicted octanol–water partition coefficient (Wildman–Crippen LogP) is 2.17. The van der Waals surface area contributed by atoms with Crippen LogP contribution in [0.5, 0.6) is 5.75 Å². The molecule has 0 saturated heterocycles. The lowest BCUT2D eigenvalue weighted by molar-refractivity contribution is -0.118. The molecular weight excluding hydrogens is 247 g/mol. The van der Waals surface area contributed by atoms with Gasteiger partial charge in [-0.25, -0.2) is 4.39 Å². The van der Waals surface area contributed by atoms with Crippen LogP contribution in [-0.2, 0) is 4.79 Å². The van der Waals surface area contributed by atoms with Gasteiger partial charge in [-0.05, 0) is 24.3 Å². The van der Waals surface area contributed by atoms with Crippen molar-refractivity contribution in [3.8, 4) is 5.75 Å². The van der Waals surface area contributed by atoms with Crippen LogP contribution in [0.2, 0.25) is 0 Å². The van der Waals surface area contributed by atoms with Crippen molar-refractivity contribution < 1.29 is 14.3 Å². The van der Waals surface area contributed by atoms with Crippen molar-refractivity contribution in [3.63, 3.8) is 0 Å². The first-order chi connectivity index (χ1) is 9.08. The zero-order chi connectivity index (χ0) is 13.8. The lowest BCUT2D eigenvalue weighted by Crippen LogP contribution is -2.27. The van der Waals surface area contributed by atoms with E-state index in [1.165, 1.54) is 24.3 Å². The molecule has 0 aliphatic carbocycles. The van der Waals surface area contributed by atoms with Gasteiger partial charge >= 0.3 is 0 Å². The number of rotatable bonds is 4. The highest BCUT2D eigenvalue weighted by Crippen LogP contribution is 2.26. The summed E-state index contributed by atoms with van der Waals surface area (Å²) in [6, 6.07) is 11.1. The first-order valence-corrected chi connectivity index (χ1v) is 5.67. The highest BCUT2D eigenvalue weighted by molar-refractivity contribution is 5.85. The van der Waals surface area contributed by atoms with Crippen LogP contribution in [0.1, 0.15) is 11.6 Å². The van der Waals surface area contributed by atoms with Gasteiger partial charge in [0.15, 0.2) is 0 Å². The molecule has 5 heteroatoms. The number of nitrogens with two attached hydrogens (primary N) is 1. The maximum absolute atomic E-state index is 13.1. The van der Waals surface area contributed by atoms with Crippen molar-refractivity contribution in [1.82, 2.24) is 0 Å². The van der Waals surface area contributed by atoms with Gasteiger partial charge in [0.25, 0.3) is 0 Å². The molecule has 2 rings (SSSR count). The Morgan fingerprint density at radius 3 is 2.58 bits per heavy atom. The SMILES string of the molecule is NC(=O)C(Nc1cccc(F)c1)c1ccccc1O. The molecular formula is C14H13FN2O2. The lowest BCUT2D eigenvalue weighted by Gasteiger charge is -2.18. The molecule has 0 radical (unpaired) electrons. The van der Waals surface area contributed by atoms with Crippen molar-refractivity contribution in [2.75, 3.05) is 5.32 Å². The number of carbonyl (C=O) groups is 1. The van der Waals surface area contributed by atoms with Crippen molar-refractivity contribution in [1.29, 1.82) is 0 Å². The largest absolute Gasteiger partial charge is 0.508 e. The highest BCUT2D eigenvalue weighted by atomic mass is 19.1. The third kappa shape index (κ3) is 3.01. The second-order valence-corrected chi connectivity index (χ2v) is 4.05. The summed E-state index contributed by atoms with van der Waals surface area (Å²) in [5.74, 6) is -1.13. The number of phenols is 1. The van der Waals surface area contributed by atoms with Gasteiger partial charge < -0.3 is 16.2 Å². The van der Waals surface area contributed by atoms with Crippen LogP contribution in [0, 0.1) is 5.82 Å². The third-order valence-electron chi connectivity index (χ3n) is 2.67. The summed E-state index contributed by atoms with van der Waals surface area (Å²) in [5.41, 5.74) is 6.07. The Bertz CT molecular complexity index is 602. The molecule has 1 atom stereocenters. The summed E-state index contributed by atoms with van der Waals surface area (Å²) in [5, 5.41) is 12.5. The second-order valence-electron chi connectivity index (χ2n) is 4.05. The minimum atomic E-state index is -0.928. The average Bonchev–Trinajstić information content (AvgIpc) is 2.37. The molecule has 1 unspecified atom stereocenters. The Labute approximate surface area is 109 Å². The number of hydrogen-bond acceptors (Lipinski definition) is 3. The molecule has 4 N–H and O–H groups in total. The minimum absolute atomic E-state index is 0.0461. The molecule has 0 aliphatic heterocycles. The third-order valence-corrected chi connectivity index (χ3v) is 2.67. The van der Waals surface area contributed by atoms with Crippen molar-refractivity contribution >= 4 is 11.6 Å². The molecule has 19 heavy (non-hydrogen) atoms. The summed E-state index contributed by atoms with van der Waals surface area (Å²) in [6.45, 7) is 0. The topological polar surface area (TPSA) is 75.4 Å². The fourth-order valence-electron chi connectivity index (χ4n) is 1.78. The zero-order valence-corrected chi connectivity index (χ0v) is 10.0. The number of para-hydroxylation sites is 1. The first kappa shape index (κ1) is 12.9. The Kier molecular flexibility index (Phi) is 3.66.